The van der Waals surface area contributed by atoms with Gasteiger partial charge in [-0.2, -0.15) is 0 Å². The van der Waals surface area contributed by atoms with E-state index >= 15 is 0 Å². The van der Waals surface area contributed by atoms with Crippen molar-refractivity contribution in [2.24, 2.45) is 11.8 Å². The molecule has 5 rings (SSSR count). The van der Waals surface area contributed by atoms with E-state index in [2.05, 4.69) is 0 Å². The van der Waals surface area contributed by atoms with Crippen molar-refractivity contribution in [2.45, 2.75) is 51.4 Å². The summed E-state index contributed by atoms with van der Waals surface area (Å²) < 4.78 is 5.55. The molecule has 2 aromatic rings. The molecule has 1 aliphatic heterocycles. The molecule has 0 spiro atoms. The molecule has 0 bridgehead atoms. The van der Waals surface area contributed by atoms with Gasteiger partial charge in [-0.1, -0.05) is 37.5 Å². The lowest BCUT2D eigenvalue weighted by molar-refractivity contribution is -0.137. The Bertz CT molecular complexity index is 955. The van der Waals surface area contributed by atoms with E-state index in [1.165, 1.54) is 25.7 Å². The Labute approximate surface area is 171 Å². The predicted octanol–water partition coefficient (Wildman–Crippen LogP) is 3.92. The van der Waals surface area contributed by atoms with E-state index in [0.717, 1.165) is 66.9 Å². The van der Waals surface area contributed by atoms with Crippen LogP contribution >= 0.6 is 0 Å². The van der Waals surface area contributed by atoms with E-state index in [-0.39, 0.29) is 18.5 Å². The number of hydrogen-bond donors (Lipinski definition) is 0. The van der Waals surface area contributed by atoms with Crippen LogP contribution in [0.5, 0.6) is 0 Å². The van der Waals surface area contributed by atoms with Crippen LogP contribution in [0.1, 0.15) is 60.1 Å². The van der Waals surface area contributed by atoms with Gasteiger partial charge < -0.3 is 9.64 Å². The number of likely N-dealkylation sites (tertiary alicyclic amines) is 1. The lowest BCUT2D eigenvalue weighted by Crippen LogP contribution is -2.46. The molecule has 1 amide bonds. The molecular formula is C24H28N2O3. The number of carbonyl (C=O) groups is 2. The van der Waals surface area contributed by atoms with Gasteiger partial charge in [-0.3, -0.25) is 9.78 Å². The average Bonchev–Trinajstić information content (AvgIpc) is 3.23. The van der Waals surface area contributed by atoms with Crippen LogP contribution in [0.25, 0.3) is 10.9 Å². The number of aryl methyl sites for hydroxylation is 1. The predicted molar refractivity (Wildman–Crippen MR) is 111 cm³/mol. The van der Waals surface area contributed by atoms with Gasteiger partial charge in [0.25, 0.3) is 5.91 Å². The molecule has 1 aromatic heterocycles. The SMILES string of the molecule is O=C(OCC(=O)N1CC[C@@H]2CCCC[C@@H]2C1)c1c2c(nc3ccccc13)CCC2. The Hall–Kier alpha value is -2.43. The van der Waals surface area contributed by atoms with Crippen molar-refractivity contribution in [3.8, 4) is 0 Å². The maximum absolute atomic E-state index is 13.0. The summed E-state index contributed by atoms with van der Waals surface area (Å²) in [5.74, 6) is 0.964. The average molecular weight is 392 g/mol. The number of fused-ring (bicyclic) bond motifs is 3. The van der Waals surface area contributed by atoms with Gasteiger partial charge in [-0.25, -0.2) is 4.79 Å². The van der Waals surface area contributed by atoms with Crippen LogP contribution in [0.4, 0.5) is 0 Å². The highest BCUT2D eigenvalue weighted by Crippen LogP contribution is 2.36. The molecule has 29 heavy (non-hydrogen) atoms. The summed E-state index contributed by atoms with van der Waals surface area (Å²) in [6.45, 7) is 1.46. The number of piperidine rings is 1. The van der Waals surface area contributed by atoms with Crippen LogP contribution in [-0.2, 0) is 22.4 Å². The molecule has 2 atom stereocenters. The molecule has 2 fully saturated rings. The van der Waals surface area contributed by atoms with Crippen molar-refractivity contribution >= 4 is 22.8 Å². The number of rotatable bonds is 3. The third-order valence-corrected chi connectivity index (χ3v) is 7.09. The minimum Gasteiger partial charge on any atom is -0.452 e. The van der Waals surface area contributed by atoms with Gasteiger partial charge in [0, 0.05) is 24.2 Å². The smallest absolute Gasteiger partial charge is 0.339 e. The maximum atomic E-state index is 13.0. The second-order valence-corrected chi connectivity index (χ2v) is 8.79. The molecule has 1 aromatic carbocycles. The van der Waals surface area contributed by atoms with Gasteiger partial charge in [-0.15, -0.1) is 0 Å². The third kappa shape index (κ3) is 3.52. The monoisotopic (exact) mass is 392 g/mol. The van der Waals surface area contributed by atoms with E-state index in [1.54, 1.807) is 0 Å². The van der Waals surface area contributed by atoms with Gasteiger partial charge >= 0.3 is 5.97 Å². The van der Waals surface area contributed by atoms with Crippen molar-refractivity contribution in [1.82, 2.24) is 9.88 Å². The van der Waals surface area contributed by atoms with Crippen LogP contribution in [0, 0.1) is 11.8 Å². The van der Waals surface area contributed by atoms with Gasteiger partial charge in [0.15, 0.2) is 6.61 Å². The number of carbonyl (C=O) groups excluding carboxylic acids is 2. The topological polar surface area (TPSA) is 59.5 Å². The highest BCUT2D eigenvalue weighted by atomic mass is 16.5. The van der Waals surface area contributed by atoms with E-state index < -0.39 is 0 Å². The highest BCUT2D eigenvalue weighted by molar-refractivity contribution is 6.05. The van der Waals surface area contributed by atoms with Crippen LogP contribution in [0.3, 0.4) is 0 Å². The van der Waals surface area contributed by atoms with Crippen molar-refractivity contribution in [1.29, 1.82) is 0 Å². The van der Waals surface area contributed by atoms with E-state index in [0.29, 0.717) is 11.5 Å². The van der Waals surface area contributed by atoms with Crippen molar-refractivity contribution in [3.63, 3.8) is 0 Å². The highest BCUT2D eigenvalue weighted by Gasteiger charge is 2.33. The Morgan fingerprint density at radius 2 is 1.86 bits per heavy atom. The normalized spacial score (nSPS) is 23.5. The number of amides is 1. The summed E-state index contributed by atoms with van der Waals surface area (Å²) >= 11 is 0. The number of benzene rings is 1. The fraction of sp³-hybridized carbons (Fsp3) is 0.542. The van der Waals surface area contributed by atoms with Crippen molar-refractivity contribution < 1.29 is 14.3 Å². The Morgan fingerprint density at radius 1 is 1.03 bits per heavy atom. The summed E-state index contributed by atoms with van der Waals surface area (Å²) in [7, 11) is 0. The Morgan fingerprint density at radius 3 is 2.76 bits per heavy atom. The molecular weight excluding hydrogens is 364 g/mol. The maximum Gasteiger partial charge on any atom is 0.339 e. The molecule has 0 unspecified atom stereocenters. The lowest BCUT2D eigenvalue weighted by Gasteiger charge is -2.41. The molecule has 5 nitrogen and oxygen atoms in total. The van der Waals surface area contributed by atoms with Crippen LogP contribution in [-0.4, -0.2) is 41.5 Å². The van der Waals surface area contributed by atoms with E-state index in [9.17, 15) is 9.59 Å². The van der Waals surface area contributed by atoms with Gasteiger partial charge in [0.05, 0.1) is 11.1 Å². The van der Waals surface area contributed by atoms with Crippen LogP contribution in [0.15, 0.2) is 24.3 Å². The molecule has 1 saturated heterocycles. The fourth-order valence-corrected chi connectivity index (χ4v) is 5.56. The number of aromatic nitrogens is 1. The zero-order chi connectivity index (χ0) is 19.8. The number of hydrogen-bond acceptors (Lipinski definition) is 4. The number of pyridine rings is 1. The zero-order valence-corrected chi connectivity index (χ0v) is 16.9. The van der Waals surface area contributed by atoms with Crippen LogP contribution in [0.2, 0.25) is 0 Å². The Kier molecular flexibility index (Phi) is 4.98. The molecule has 2 aliphatic carbocycles. The Balaban J connectivity index is 1.30. The molecule has 0 radical (unpaired) electrons. The van der Waals surface area contributed by atoms with Gasteiger partial charge in [0.1, 0.15) is 0 Å². The molecule has 3 aliphatic rings. The van der Waals surface area contributed by atoms with Crippen LogP contribution < -0.4 is 0 Å². The largest absolute Gasteiger partial charge is 0.452 e. The molecule has 0 N–H and O–H groups in total. The molecule has 1 saturated carbocycles. The van der Waals surface area contributed by atoms with Gasteiger partial charge in [-0.05, 0) is 55.6 Å². The summed E-state index contributed by atoms with van der Waals surface area (Å²) in [5, 5.41) is 0.827. The second kappa shape index (κ2) is 7.77. The summed E-state index contributed by atoms with van der Waals surface area (Å²) in [5.41, 5.74) is 3.44. The first-order valence-corrected chi connectivity index (χ1v) is 11.1. The molecule has 152 valence electrons. The molecule has 5 heteroatoms. The number of esters is 1. The minimum atomic E-state index is -0.386. The van der Waals surface area contributed by atoms with E-state index in [1.807, 2.05) is 29.2 Å². The first-order chi connectivity index (χ1) is 14.2. The summed E-state index contributed by atoms with van der Waals surface area (Å²) in [4.78, 5) is 32.4. The molecule has 2 heterocycles. The first-order valence-electron chi connectivity index (χ1n) is 11.1. The number of nitrogens with zero attached hydrogens (tertiary/aromatic N) is 2. The minimum absolute atomic E-state index is 0.0580. The summed E-state index contributed by atoms with van der Waals surface area (Å²) in [6.07, 6.45) is 8.98. The van der Waals surface area contributed by atoms with Crippen molar-refractivity contribution in [3.05, 3.63) is 41.1 Å². The number of ether oxygens (including phenoxy) is 1. The number of para-hydroxylation sites is 1. The standard InChI is InChI=1S/C24H28N2O3/c27-22(26-13-12-16-6-1-2-7-17(16)14-26)15-29-24(28)23-18-8-3-4-10-20(18)25-21-11-5-9-19(21)23/h3-4,8,10,16-17H,1-2,5-7,9,11-15H2/t16-,17+/m0/s1. The fourth-order valence-electron chi connectivity index (χ4n) is 5.56. The first kappa shape index (κ1) is 18.6. The zero-order valence-electron chi connectivity index (χ0n) is 16.9. The third-order valence-electron chi connectivity index (χ3n) is 7.09. The van der Waals surface area contributed by atoms with E-state index in [4.69, 9.17) is 9.72 Å². The second-order valence-electron chi connectivity index (χ2n) is 8.79. The van der Waals surface area contributed by atoms with Crippen molar-refractivity contribution in [2.75, 3.05) is 19.7 Å². The quantitative estimate of drug-likeness (QED) is 0.743. The lowest BCUT2D eigenvalue weighted by atomic mass is 9.75. The van der Waals surface area contributed by atoms with Gasteiger partial charge in [0.2, 0.25) is 0 Å². The summed E-state index contributed by atoms with van der Waals surface area (Å²) in [6, 6.07) is 7.71.